The van der Waals surface area contributed by atoms with Gasteiger partial charge in [0.1, 0.15) is 28.2 Å². The van der Waals surface area contributed by atoms with Gasteiger partial charge < -0.3 is 15.2 Å². The first-order valence-corrected chi connectivity index (χ1v) is 15.8. The van der Waals surface area contributed by atoms with Gasteiger partial charge >= 0.3 is 0 Å². The Morgan fingerprint density at radius 2 is 1.95 bits per heavy atom. The number of aliphatic hydroxyl groups is 1. The summed E-state index contributed by atoms with van der Waals surface area (Å²) in [6.07, 6.45) is 1.99. The fourth-order valence-corrected chi connectivity index (χ4v) is 6.83. The summed E-state index contributed by atoms with van der Waals surface area (Å²) in [5.41, 5.74) is -0.264. The number of fused-ring (bicyclic) bond motifs is 2. The van der Waals surface area contributed by atoms with Crippen molar-refractivity contribution in [3.8, 4) is 0 Å². The van der Waals surface area contributed by atoms with E-state index in [4.69, 9.17) is 4.74 Å². The number of anilines is 2. The average Bonchev–Trinajstić information content (AvgIpc) is 3.39. The van der Waals surface area contributed by atoms with E-state index in [-0.39, 0.29) is 45.3 Å². The predicted molar refractivity (Wildman–Crippen MR) is 152 cm³/mol. The van der Waals surface area contributed by atoms with Gasteiger partial charge in [-0.15, -0.1) is 4.40 Å². The van der Waals surface area contributed by atoms with Gasteiger partial charge in [0.05, 0.1) is 24.2 Å². The second-order valence-electron chi connectivity index (χ2n) is 10.1. The van der Waals surface area contributed by atoms with E-state index in [2.05, 4.69) is 19.4 Å². The molecule has 3 aliphatic rings. The molecule has 11 nitrogen and oxygen atoms in total. The number of carbonyl (C=O) groups excluding carboxylic acids is 1. The zero-order valence-corrected chi connectivity index (χ0v) is 23.3. The summed E-state index contributed by atoms with van der Waals surface area (Å²) >= 11 is 0. The van der Waals surface area contributed by atoms with Gasteiger partial charge in [-0.05, 0) is 42.5 Å². The Kier molecular flexibility index (Phi) is 6.74. The second kappa shape index (κ2) is 9.66. The highest BCUT2D eigenvalue weighted by molar-refractivity contribution is 8.23. The van der Waals surface area contributed by atoms with Crippen molar-refractivity contribution >= 4 is 55.4 Å². The molecular formula is C26H30N4O7S2. The average molecular weight is 575 g/mol. The SMILES string of the molecule is CC(C)CCC1(C2=NCCO2)C(=O)C(C2=NS(O)(O)c3cc(NS(C)(=O)=O)ccc3N2)=C(O)c2ccccc21. The van der Waals surface area contributed by atoms with Crippen molar-refractivity contribution in [3.05, 3.63) is 59.2 Å². The molecule has 13 heteroatoms. The van der Waals surface area contributed by atoms with Crippen LogP contribution in [0.25, 0.3) is 5.76 Å². The lowest BCUT2D eigenvalue weighted by atomic mass is 9.65. The standard InChI is InChI=1S/C26H30N4O7S2/c1-15(2)10-11-26(25-27-12-13-37-25)18-7-5-4-6-17(18)22(31)21(23(26)32)24-28-19-9-8-16(29-38(3,33)34)14-20(19)39(35,36)30-24/h4-9,14-15,29,31,35-36H,10-13H2,1-3H3,(H,28,30). The molecule has 0 fully saturated rings. The quantitative estimate of drug-likeness (QED) is 0.320. The normalized spacial score (nSPS) is 22.8. The van der Waals surface area contributed by atoms with Crippen LogP contribution >= 0.6 is 10.8 Å². The number of sulfonamides is 1. The third-order valence-electron chi connectivity index (χ3n) is 6.83. The van der Waals surface area contributed by atoms with Crippen molar-refractivity contribution in [2.24, 2.45) is 15.3 Å². The molecule has 1 aliphatic carbocycles. The number of rotatable bonds is 7. The summed E-state index contributed by atoms with van der Waals surface area (Å²) in [5, 5.41) is 14.4. The summed E-state index contributed by atoms with van der Waals surface area (Å²) in [7, 11) is -7.51. The smallest absolute Gasteiger partial charge is 0.229 e. The van der Waals surface area contributed by atoms with E-state index in [0.717, 1.165) is 6.26 Å². The highest BCUT2D eigenvalue weighted by Crippen LogP contribution is 2.57. The topological polar surface area (TPSA) is 170 Å². The number of ketones is 1. The number of hydrogen-bond donors (Lipinski definition) is 5. The summed E-state index contributed by atoms with van der Waals surface area (Å²) in [5.74, 6) is -0.554. The molecule has 2 heterocycles. The first-order valence-electron chi connectivity index (χ1n) is 12.4. The number of aliphatic hydroxyl groups excluding tert-OH is 1. The molecule has 0 saturated heterocycles. The van der Waals surface area contributed by atoms with Crippen molar-refractivity contribution in [1.29, 1.82) is 0 Å². The minimum Gasteiger partial charge on any atom is -0.506 e. The number of aliphatic imine (C=N–C) groups is 1. The summed E-state index contributed by atoms with van der Waals surface area (Å²) in [4.78, 5) is 19.0. The molecule has 5 rings (SSSR count). The Morgan fingerprint density at radius 3 is 2.62 bits per heavy atom. The second-order valence-corrected chi connectivity index (χ2v) is 13.5. The number of nitrogens with one attached hydrogen (secondary N) is 2. The van der Waals surface area contributed by atoms with Crippen LogP contribution in [0.15, 0.2) is 62.3 Å². The minimum atomic E-state index is -3.89. The number of hydrogen-bond acceptors (Lipinski definition) is 10. The Bertz CT molecular complexity index is 1560. The van der Waals surface area contributed by atoms with Gasteiger partial charge in [0, 0.05) is 5.56 Å². The molecule has 39 heavy (non-hydrogen) atoms. The Labute approximate surface area is 228 Å². The molecule has 2 aliphatic heterocycles. The Morgan fingerprint density at radius 1 is 1.21 bits per heavy atom. The molecule has 1 atom stereocenters. The van der Waals surface area contributed by atoms with E-state index < -0.39 is 32.0 Å². The zero-order valence-electron chi connectivity index (χ0n) is 21.6. The Hall–Kier alpha value is -3.39. The molecule has 2 aromatic rings. The van der Waals surface area contributed by atoms with Crippen LogP contribution in [-0.4, -0.2) is 59.6 Å². The number of carbonyl (C=O) groups is 1. The predicted octanol–water partition coefficient (Wildman–Crippen LogP) is 4.56. The van der Waals surface area contributed by atoms with Crippen LogP contribution in [0.1, 0.15) is 37.8 Å². The lowest BCUT2D eigenvalue weighted by molar-refractivity contribution is -0.119. The maximum atomic E-state index is 14.5. The van der Waals surface area contributed by atoms with Crippen molar-refractivity contribution in [1.82, 2.24) is 0 Å². The molecule has 0 bridgehead atoms. The van der Waals surface area contributed by atoms with Crippen LogP contribution in [-0.2, 0) is 25.0 Å². The van der Waals surface area contributed by atoms with Gasteiger partial charge in [-0.1, -0.05) is 48.9 Å². The van der Waals surface area contributed by atoms with Gasteiger partial charge in [-0.3, -0.25) is 23.6 Å². The fourth-order valence-electron chi connectivity index (χ4n) is 5.09. The number of ether oxygens (including phenoxy) is 1. The molecule has 5 N–H and O–H groups in total. The van der Waals surface area contributed by atoms with E-state index in [1.165, 1.54) is 18.2 Å². The molecule has 208 valence electrons. The van der Waals surface area contributed by atoms with Crippen molar-refractivity contribution in [2.45, 2.75) is 37.0 Å². The molecule has 0 saturated carbocycles. The van der Waals surface area contributed by atoms with Gasteiger partial charge in [0.15, 0.2) is 11.6 Å². The third-order valence-corrected chi connectivity index (χ3v) is 8.80. The third kappa shape index (κ3) is 4.80. The maximum absolute atomic E-state index is 14.5. The highest BCUT2D eigenvalue weighted by Gasteiger charge is 2.54. The maximum Gasteiger partial charge on any atom is 0.229 e. The van der Waals surface area contributed by atoms with Crippen LogP contribution in [0.2, 0.25) is 0 Å². The summed E-state index contributed by atoms with van der Waals surface area (Å²) in [6.45, 7) is 4.82. The number of nitrogens with zero attached hydrogens (tertiary/aromatic N) is 2. The van der Waals surface area contributed by atoms with Crippen molar-refractivity contribution in [2.75, 3.05) is 29.4 Å². The first kappa shape index (κ1) is 27.2. The van der Waals surface area contributed by atoms with Crippen LogP contribution in [0.4, 0.5) is 11.4 Å². The van der Waals surface area contributed by atoms with Crippen LogP contribution in [0.3, 0.4) is 0 Å². The number of amidine groups is 1. The minimum absolute atomic E-state index is 0.0572. The lowest BCUT2D eigenvalue weighted by Gasteiger charge is -2.40. The van der Waals surface area contributed by atoms with E-state index in [0.29, 0.717) is 37.1 Å². The van der Waals surface area contributed by atoms with Crippen LogP contribution < -0.4 is 10.0 Å². The summed E-state index contributed by atoms with van der Waals surface area (Å²) in [6, 6.07) is 11.1. The summed E-state index contributed by atoms with van der Waals surface area (Å²) < 4.78 is 57.6. The first-order chi connectivity index (χ1) is 18.3. The highest BCUT2D eigenvalue weighted by atomic mass is 32.3. The molecule has 0 spiro atoms. The largest absolute Gasteiger partial charge is 0.506 e. The van der Waals surface area contributed by atoms with Crippen molar-refractivity contribution in [3.63, 3.8) is 0 Å². The monoisotopic (exact) mass is 574 g/mol. The molecule has 0 radical (unpaired) electrons. The molecule has 0 amide bonds. The lowest BCUT2D eigenvalue weighted by Crippen LogP contribution is -2.50. The van der Waals surface area contributed by atoms with Crippen LogP contribution in [0.5, 0.6) is 0 Å². The molecular weight excluding hydrogens is 544 g/mol. The number of Topliss-reactive ketones (excluding diaryl/α,β-unsaturated/α-hetero) is 1. The van der Waals surface area contributed by atoms with Crippen molar-refractivity contribution < 1.29 is 32.2 Å². The van der Waals surface area contributed by atoms with E-state index >= 15 is 0 Å². The van der Waals surface area contributed by atoms with Gasteiger partial charge in [0.2, 0.25) is 15.9 Å². The molecule has 0 aromatic heterocycles. The molecule has 2 aromatic carbocycles. The van der Waals surface area contributed by atoms with Gasteiger partial charge in [-0.2, -0.15) is 0 Å². The zero-order chi connectivity index (χ0) is 28.2. The fraction of sp³-hybridized carbons (Fsp3) is 0.346. The van der Waals surface area contributed by atoms with E-state index in [9.17, 15) is 27.4 Å². The van der Waals surface area contributed by atoms with Gasteiger partial charge in [0.25, 0.3) is 0 Å². The number of benzene rings is 2. The van der Waals surface area contributed by atoms with Gasteiger partial charge in [-0.25, -0.2) is 8.42 Å². The van der Waals surface area contributed by atoms with Crippen LogP contribution in [0, 0.1) is 5.92 Å². The molecule has 1 unspecified atom stereocenters. The van der Waals surface area contributed by atoms with E-state index in [1.54, 1.807) is 24.3 Å². The Balaban J connectivity index is 1.67. The van der Waals surface area contributed by atoms with E-state index in [1.807, 2.05) is 13.8 Å².